The first-order valence-electron chi connectivity index (χ1n) is 8.99. The molecule has 158 valence electrons. The zero-order valence-corrected chi connectivity index (χ0v) is 18.5. The molecule has 2 aromatic heterocycles. The minimum atomic E-state index is -0.558. The van der Waals surface area contributed by atoms with Gasteiger partial charge in [0.15, 0.2) is 5.16 Å². The highest BCUT2D eigenvalue weighted by Gasteiger charge is 2.18. The van der Waals surface area contributed by atoms with Crippen LogP contribution in [0.25, 0.3) is 15.9 Å². The number of thioether (sulfide) groups is 1. The van der Waals surface area contributed by atoms with E-state index < -0.39 is 5.82 Å². The van der Waals surface area contributed by atoms with Gasteiger partial charge in [-0.25, -0.2) is 9.37 Å². The second-order valence-corrected chi connectivity index (χ2v) is 8.60. The summed E-state index contributed by atoms with van der Waals surface area (Å²) < 4.78 is 21.3. The second-order valence-electron chi connectivity index (χ2n) is 6.30. The molecule has 0 atom stereocenters. The van der Waals surface area contributed by atoms with E-state index in [1.807, 2.05) is 0 Å². The number of aromatic nitrogens is 2. The molecule has 0 spiro atoms. The summed E-state index contributed by atoms with van der Waals surface area (Å²) in [4.78, 5) is 30.1. The van der Waals surface area contributed by atoms with Gasteiger partial charge in [-0.1, -0.05) is 35.5 Å². The lowest BCUT2D eigenvalue weighted by Gasteiger charge is -2.13. The Kier molecular flexibility index (Phi) is 6.26. The van der Waals surface area contributed by atoms with Gasteiger partial charge in [-0.15, -0.1) is 11.3 Å². The average Bonchev–Trinajstić information content (AvgIpc) is 3.22. The van der Waals surface area contributed by atoms with Crippen LogP contribution in [0.1, 0.15) is 0 Å². The first-order chi connectivity index (χ1) is 15.0. The topological polar surface area (TPSA) is 73.2 Å². The molecule has 0 saturated heterocycles. The number of halogens is 2. The van der Waals surface area contributed by atoms with Crippen LogP contribution in [0.4, 0.5) is 10.1 Å². The summed E-state index contributed by atoms with van der Waals surface area (Å²) >= 11 is 8.27. The number of amides is 1. The SMILES string of the molecule is COc1ccc(Cl)cc1NC(=O)CSc1nc2ccsc2c(=O)n1-c1ccccc1F. The van der Waals surface area contributed by atoms with Crippen molar-refractivity contribution in [1.29, 1.82) is 0 Å². The minimum Gasteiger partial charge on any atom is -0.495 e. The maximum absolute atomic E-state index is 14.5. The van der Waals surface area contributed by atoms with Gasteiger partial charge in [0.2, 0.25) is 5.91 Å². The van der Waals surface area contributed by atoms with Crippen LogP contribution in [-0.4, -0.2) is 28.3 Å². The highest BCUT2D eigenvalue weighted by molar-refractivity contribution is 7.99. The largest absolute Gasteiger partial charge is 0.495 e. The van der Waals surface area contributed by atoms with Gasteiger partial charge in [-0.05, 0) is 41.8 Å². The summed E-state index contributed by atoms with van der Waals surface area (Å²) in [6.45, 7) is 0. The Balaban J connectivity index is 1.65. The van der Waals surface area contributed by atoms with E-state index in [1.54, 1.807) is 41.8 Å². The lowest BCUT2D eigenvalue weighted by Crippen LogP contribution is -2.23. The molecule has 0 aliphatic rings. The molecule has 0 radical (unpaired) electrons. The number of para-hydroxylation sites is 1. The quantitative estimate of drug-likeness (QED) is 0.314. The summed E-state index contributed by atoms with van der Waals surface area (Å²) in [5, 5.41) is 5.14. The molecule has 0 aliphatic carbocycles. The number of hydrogen-bond acceptors (Lipinski definition) is 6. The summed E-state index contributed by atoms with van der Waals surface area (Å²) in [7, 11) is 1.49. The van der Waals surface area contributed by atoms with Gasteiger partial charge >= 0.3 is 0 Å². The lowest BCUT2D eigenvalue weighted by molar-refractivity contribution is -0.113. The number of carbonyl (C=O) groups is 1. The molecular weight excluding hydrogens is 461 g/mol. The van der Waals surface area contributed by atoms with Crippen LogP contribution in [0.3, 0.4) is 0 Å². The number of fused-ring (bicyclic) bond motifs is 1. The van der Waals surface area contributed by atoms with Crippen LogP contribution in [-0.2, 0) is 4.79 Å². The Hall–Kier alpha value is -2.88. The first kappa shape index (κ1) is 21.4. The van der Waals surface area contributed by atoms with Gasteiger partial charge in [-0.2, -0.15) is 0 Å². The zero-order chi connectivity index (χ0) is 22.0. The Morgan fingerprint density at radius 3 is 2.87 bits per heavy atom. The number of rotatable bonds is 6. The Morgan fingerprint density at radius 1 is 1.29 bits per heavy atom. The molecular formula is C21H15ClFN3O3S2. The predicted molar refractivity (Wildman–Crippen MR) is 123 cm³/mol. The molecule has 4 rings (SSSR count). The number of methoxy groups -OCH3 is 1. The fourth-order valence-corrected chi connectivity index (χ4v) is 4.67. The minimum absolute atomic E-state index is 0.0633. The molecule has 0 bridgehead atoms. The molecule has 1 N–H and O–H groups in total. The highest BCUT2D eigenvalue weighted by atomic mass is 35.5. The number of nitrogens with one attached hydrogen (secondary N) is 1. The third kappa shape index (κ3) is 4.43. The van der Waals surface area contributed by atoms with Gasteiger partial charge in [-0.3, -0.25) is 14.2 Å². The number of thiophene rings is 1. The van der Waals surface area contributed by atoms with Crippen LogP contribution in [0.5, 0.6) is 5.75 Å². The van der Waals surface area contributed by atoms with Crippen molar-refractivity contribution in [2.24, 2.45) is 0 Å². The van der Waals surface area contributed by atoms with Gasteiger partial charge < -0.3 is 10.1 Å². The number of hydrogen-bond donors (Lipinski definition) is 1. The number of ether oxygens (including phenoxy) is 1. The number of nitrogens with zero attached hydrogens (tertiary/aromatic N) is 2. The summed E-state index contributed by atoms with van der Waals surface area (Å²) in [5.74, 6) is -0.516. The van der Waals surface area contributed by atoms with Crippen LogP contribution in [0.15, 0.2) is 63.9 Å². The van der Waals surface area contributed by atoms with Crippen molar-refractivity contribution in [2.75, 3.05) is 18.2 Å². The number of benzene rings is 2. The smallest absolute Gasteiger partial charge is 0.276 e. The van der Waals surface area contributed by atoms with E-state index in [1.165, 1.54) is 35.1 Å². The molecule has 10 heteroatoms. The fraction of sp³-hybridized carbons (Fsp3) is 0.0952. The van der Waals surface area contributed by atoms with Crippen LogP contribution >= 0.6 is 34.7 Å². The normalized spacial score (nSPS) is 10.9. The third-order valence-corrected chi connectivity index (χ3v) is 6.38. The zero-order valence-electron chi connectivity index (χ0n) is 16.1. The molecule has 0 fully saturated rings. The van der Waals surface area contributed by atoms with E-state index in [4.69, 9.17) is 16.3 Å². The second kappa shape index (κ2) is 9.09. The van der Waals surface area contributed by atoms with Crippen molar-refractivity contribution >= 4 is 56.5 Å². The molecule has 31 heavy (non-hydrogen) atoms. The standard InChI is InChI=1S/C21H15ClFN3O3S2/c1-29-17-7-6-12(22)10-15(17)24-18(27)11-31-21-25-14-8-9-30-19(14)20(28)26(21)16-5-3-2-4-13(16)23/h2-10H,11H2,1H3,(H,24,27). The monoisotopic (exact) mass is 475 g/mol. The van der Waals surface area contributed by atoms with Crippen molar-refractivity contribution in [3.05, 3.63) is 75.1 Å². The third-order valence-electron chi connectivity index (χ3n) is 4.31. The molecule has 4 aromatic rings. The van der Waals surface area contributed by atoms with Crippen molar-refractivity contribution in [3.63, 3.8) is 0 Å². The van der Waals surface area contributed by atoms with Crippen LogP contribution < -0.4 is 15.6 Å². The summed E-state index contributed by atoms with van der Waals surface area (Å²) in [6.07, 6.45) is 0. The molecule has 6 nitrogen and oxygen atoms in total. The first-order valence-corrected chi connectivity index (χ1v) is 11.2. The van der Waals surface area contributed by atoms with Gasteiger partial charge in [0, 0.05) is 5.02 Å². The van der Waals surface area contributed by atoms with E-state index >= 15 is 0 Å². The fourth-order valence-electron chi connectivity index (χ4n) is 2.93. The molecule has 0 aliphatic heterocycles. The van der Waals surface area contributed by atoms with Gasteiger partial charge in [0.25, 0.3) is 5.56 Å². The number of carbonyl (C=O) groups excluding carboxylic acids is 1. The maximum Gasteiger partial charge on any atom is 0.276 e. The van der Waals surface area contributed by atoms with E-state index in [2.05, 4.69) is 10.3 Å². The van der Waals surface area contributed by atoms with Crippen molar-refractivity contribution < 1.29 is 13.9 Å². The van der Waals surface area contributed by atoms with E-state index in [0.717, 1.165) is 11.8 Å². The van der Waals surface area contributed by atoms with Gasteiger partial charge in [0.1, 0.15) is 16.3 Å². The molecule has 2 heterocycles. The summed E-state index contributed by atoms with van der Waals surface area (Å²) in [6, 6.07) is 12.5. The average molecular weight is 476 g/mol. The van der Waals surface area contributed by atoms with Crippen LogP contribution in [0, 0.1) is 5.82 Å². The van der Waals surface area contributed by atoms with Crippen molar-refractivity contribution in [2.45, 2.75) is 5.16 Å². The molecule has 0 saturated carbocycles. The molecule has 0 unspecified atom stereocenters. The highest BCUT2D eigenvalue weighted by Crippen LogP contribution is 2.29. The van der Waals surface area contributed by atoms with Crippen molar-refractivity contribution in [1.82, 2.24) is 9.55 Å². The van der Waals surface area contributed by atoms with E-state index in [-0.39, 0.29) is 28.1 Å². The molecule has 1 amide bonds. The Labute approximate surface area is 189 Å². The van der Waals surface area contributed by atoms with E-state index in [0.29, 0.717) is 26.7 Å². The van der Waals surface area contributed by atoms with Crippen LogP contribution in [0.2, 0.25) is 5.02 Å². The Bertz CT molecular complexity index is 1340. The number of anilines is 1. The maximum atomic E-state index is 14.5. The predicted octanol–water partition coefficient (Wildman–Crippen LogP) is 4.98. The van der Waals surface area contributed by atoms with E-state index in [9.17, 15) is 14.0 Å². The Morgan fingerprint density at radius 2 is 2.10 bits per heavy atom. The lowest BCUT2D eigenvalue weighted by atomic mass is 10.3. The van der Waals surface area contributed by atoms with Crippen molar-refractivity contribution in [3.8, 4) is 11.4 Å². The molecule has 2 aromatic carbocycles. The summed E-state index contributed by atoms with van der Waals surface area (Å²) in [5.41, 5.74) is 0.620. The van der Waals surface area contributed by atoms with Gasteiger partial charge in [0.05, 0.1) is 29.8 Å².